The Morgan fingerprint density at radius 2 is 1.93 bits per heavy atom. The van der Waals surface area contributed by atoms with E-state index in [-0.39, 0.29) is 18.0 Å². The van der Waals surface area contributed by atoms with E-state index in [1.165, 1.54) is 11.1 Å². The number of ether oxygens (including phenoxy) is 2. The first-order chi connectivity index (χ1) is 21.9. The predicted octanol–water partition coefficient (Wildman–Crippen LogP) is 7.13. The molecule has 8 heteroatoms. The topological polar surface area (TPSA) is 82.4 Å². The van der Waals surface area contributed by atoms with Crippen molar-refractivity contribution in [1.82, 2.24) is 24.9 Å². The van der Waals surface area contributed by atoms with Crippen LogP contribution in [0.4, 0.5) is 0 Å². The van der Waals surface area contributed by atoms with Crippen molar-refractivity contribution in [3.8, 4) is 5.75 Å². The van der Waals surface area contributed by atoms with Gasteiger partial charge < -0.3 is 9.47 Å². The molecule has 2 aromatic heterocycles. The quantitative estimate of drug-likeness (QED) is 0.183. The summed E-state index contributed by atoms with van der Waals surface area (Å²) < 4.78 is 14.7. The van der Waals surface area contributed by atoms with Crippen LogP contribution < -0.4 is 4.74 Å². The van der Waals surface area contributed by atoms with E-state index in [1.807, 2.05) is 25.4 Å². The van der Waals surface area contributed by atoms with Gasteiger partial charge in [-0.05, 0) is 79.6 Å². The highest BCUT2D eigenvalue weighted by molar-refractivity contribution is 5.81. The summed E-state index contributed by atoms with van der Waals surface area (Å²) in [6.07, 6.45) is 6.28. The third kappa shape index (κ3) is 5.79. The van der Waals surface area contributed by atoms with Crippen molar-refractivity contribution in [2.24, 2.45) is 13.0 Å². The van der Waals surface area contributed by atoms with Crippen LogP contribution >= 0.6 is 0 Å². The lowest BCUT2D eigenvalue weighted by Crippen LogP contribution is -2.32. The van der Waals surface area contributed by atoms with Crippen LogP contribution in [0.2, 0.25) is 0 Å². The summed E-state index contributed by atoms with van der Waals surface area (Å²) in [5.41, 5.74) is 9.26. The molecule has 232 valence electrons. The molecule has 3 aromatic carbocycles. The molecule has 0 amide bonds. The summed E-state index contributed by atoms with van der Waals surface area (Å²) in [6, 6.07) is 19.0. The SMILES string of the molecule is CC[C@@H]1CN(Cc2cc(C(OC(=O)C3CCCC3)c3ccc4c(nnn4C)c3C)ccc2C)Cc2cc3ncccc3cc2O1. The number of aromatic nitrogens is 4. The highest BCUT2D eigenvalue weighted by Gasteiger charge is 2.30. The second-order valence-electron chi connectivity index (χ2n) is 12.8. The molecule has 0 radical (unpaired) electrons. The fourth-order valence-electron chi connectivity index (χ4n) is 7.00. The summed E-state index contributed by atoms with van der Waals surface area (Å²) >= 11 is 0. The number of carbonyl (C=O) groups excluding carboxylic acids is 1. The van der Waals surface area contributed by atoms with Crippen molar-refractivity contribution in [2.45, 2.75) is 78.2 Å². The summed E-state index contributed by atoms with van der Waals surface area (Å²) in [5, 5.41) is 9.76. The number of rotatable bonds is 7. The Kier molecular flexibility index (Phi) is 8.00. The number of hydrogen-bond acceptors (Lipinski definition) is 7. The summed E-state index contributed by atoms with van der Waals surface area (Å²) in [5.74, 6) is 0.807. The smallest absolute Gasteiger partial charge is 0.309 e. The van der Waals surface area contributed by atoms with Crippen LogP contribution in [-0.4, -0.2) is 43.5 Å². The van der Waals surface area contributed by atoms with E-state index in [0.29, 0.717) is 0 Å². The Morgan fingerprint density at radius 1 is 1.09 bits per heavy atom. The second-order valence-corrected chi connectivity index (χ2v) is 12.8. The van der Waals surface area contributed by atoms with E-state index in [0.717, 1.165) is 102 Å². The molecule has 3 heterocycles. The van der Waals surface area contributed by atoms with Gasteiger partial charge in [-0.15, -0.1) is 5.10 Å². The van der Waals surface area contributed by atoms with Gasteiger partial charge in [0, 0.05) is 49.4 Å². The van der Waals surface area contributed by atoms with Gasteiger partial charge in [0.1, 0.15) is 17.4 Å². The van der Waals surface area contributed by atoms with Crippen LogP contribution in [0.1, 0.15) is 78.5 Å². The monoisotopic (exact) mass is 603 g/mol. The average Bonchev–Trinajstić information content (AvgIpc) is 3.68. The third-order valence-electron chi connectivity index (χ3n) is 9.74. The highest BCUT2D eigenvalue weighted by atomic mass is 16.5. The van der Waals surface area contributed by atoms with E-state index in [2.05, 4.69) is 83.4 Å². The Hall–Kier alpha value is -4.30. The molecule has 1 unspecified atom stereocenters. The Morgan fingerprint density at radius 3 is 2.76 bits per heavy atom. The number of pyridine rings is 1. The summed E-state index contributed by atoms with van der Waals surface area (Å²) in [7, 11) is 1.90. The fourth-order valence-corrected chi connectivity index (χ4v) is 7.00. The minimum atomic E-state index is -0.530. The minimum Gasteiger partial charge on any atom is -0.489 e. The summed E-state index contributed by atoms with van der Waals surface area (Å²) in [4.78, 5) is 20.6. The van der Waals surface area contributed by atoms with Gasteiger partial charge in [0.2, 0.25) is 0 Å². The third-order valence-corrected chi connectivity index (χ3v) is 9.74. The Balaban J connectivity index is 1.23. The number of carbonyl (C=O) groups is 1. The first kappa shape index (κ1) is 29.4. The average molecular weight is 604 g/mol. The molecule has 2 aliphatic rings. The maximum Gasteiger partial charge on any atom is 0.309 e. The molecular formula is C37H41N5O3. The van der Waals surface area contributed by atoms with Crippen LogP contribution in [0.25, 0.3) is 21.9 Å². The minimum absolute atomic E-state index is 0.0355. The Bertz CT molecular complexity index is 1880. The lowest BCUT2D eigenvalue weighted by atomic mass is 9.93. The molecule has 0 N–H and O–H groups in total. The normalized spacial score (nSPS) is 18.1. The zero-order valence-electron chi connectivity index (χ0n) is 26.6. The summed E-state index contributed by atoms with van der Waals surface area (Å²) in [6.45, 7) is 8.74. The molecule has 0 saturated heterocycles. The lowest BCUT2D eigenvalue weighted by Gasteiger charge is -2.26. The van der Waals surface area contributed by atoms with Gasteiger partial charge in [0.25, 0.3) is 0 Å². The molecule has 0 bridgehead atoms. The standard InChI is InChI=1S/C37H41N5O3/c1-5-30-22-42(21-29-18-32-26(11-8-16-38-32)19-34(29)44-30)20-28-17-27(13-12-23(28)2)36(45-37(43)25-9-6-7-10-25)31-14-15-33-35(24(31)3)39-40-41(33)4/h8,11-19,25,30,36H,5-7,9-10,20-22H2,1-4H3/t30-,36?/m1/s1. The first-order valence-corrected chi connectivity index (χ1v) is 16.2. The van der Waals surface area contributed by atoms with Crippen molar-refractivity contribution in [3.63, 3.8) is 0 Å². The van der Waals surface area contributed by atoms with Crippen molar-refractivity contribution in [1.29, 1.82) is 0 Å². The molecule has 7 rings (SSSR count). The van der Waals surface area contributed by atoms with Crippen LogP contribution in [-0.2, 0) is 29.7 Å². The molecule has 1 aliphatic carbocycles. The Labute approximate surface area is 264 Å². The molecule has 0 spiro atoms. The van der Waals surface area contributed by atoms with Gasteiger partial charge >= 0.3 is 5.97 Å². The molecule has 5 aromatic rings. The maximum atomic E-state index is 13.5. The van der Waals surface area contributed by atoms with Crippen LogP contribution in [0.5, 0.6) is 5.75 Å². The number of esters is 1. The van der Waals surface area contributed by atoms with E-state index in [4.69, 9.17) is 9.47 Å². The van der Waals surface area contributed by atoms with Gasteiger partial charge in [-0.3, -0.25) is 14.7 Å². The molecule has 8 nitrogen and oxygen atoms in total. The first-order valence-electron chi connectivity index (χ1n) is 16.2. The van der Waals surface area contributed by atoms with Crippen molar-refractivity contribution in [3.05, 3.63) is 94.2 Å². The van der Waals surface area contributed by atoms with Crippen LogP contribution in [0.15, 0.2) is 60.8 Å². The maximum absolute atomic E-state index is 13.5. The predicted molar refractivity (Wildman–Crippen MR) is 175 cm³/mol. The van der Waals surface area contributed by atoms with E-state index in [1.54, 1.807) is 4.68 Å². The molecule has 45 heavy (non-hydrogen) atoms. The van der Waals surface area contributed by atoms with Gasteiger partial charge in [-0.2, -0.15) is 0 Å². The van der Waals surface area contributed by atoms with Crippen molar-refractivity contribution in [2.75, 3.05) is 6.54 Å². The highest BCUT2D eigenvalue weighted by Crippen LogP contribution is 2.36. The van der Waals surface area contributed by atoms with E-state index in [9.17, 15) is 4.79 Å². The number of benzene rings is 3. The number of fused-ring (bicyclic) bond motifs is 3. The number of hydrogen-bond donors (Lipinski definition) is 0. The number of nitrogens with zero attached hydrogens (tertiary/aromatic N) is 5. The fraction of sp³-hybridized carbons (Fsp3) is 0.405. The van der Waals surface area contributed by atoms with Crippen LogP contribution in [0, 0.1) is 19.8 Å². The van der Waals surface area contributed by atoms with Gasteiger partial charge in [-0.25, -0.2) is 4.68 Å². The van der Waals surface area contributed by atoms with E-state index >= 15 is 0 Å². The largest absolute Gasteiger partial charge is 0.489 e. The molecule has 1 saturated carbocycles. The number of aryl methyl sites for hydroxylation is 3. The van der Waals surface area contributed by atoms with Crippen molar-refractivity contribution >= 4 is 27.9 Å². The molecule has 1 fully saturated rings. The lowest BCUT2D eigenvalue weighted by molar-refractivity contribution is -0.152. The van der Waals surface area contributed by atoms with Gasteiger partial charge in [0.05, 0.1) is 17.0 Å². The van der Waals surface area contributed by atoms with Crippen LogP contribution in [0.3, 0.4) is 0 Å². The van der Waals surface area contributed by atoms with Gasteiger partial charge in [0.15, 0.2) is 6.10 Å². The molecule has 2 atom stereocenters. The second kappa shape index (κ2) is 12.2. The van der Waals surface area contributed by atoms with Gasteiger partial charge in [-0.1, -0.05) is 55.3 Å². The zero-order valence-corrected chi connectivity index (χ0v) is 26.6. The van der Waals surface area contributed by atoms with E-state index < -0.39 is 6.10 Å². The van der Waals surface area contributed by atoms with Crippen molar-refractivity contribution < 1.29 is 14.3 Å². The zero-order chi connectivity index (χ0) is 31.1. The molecule has 1 aliphatic heterocycles. The molecular weight excluding hydrogens is 562 g/mol.